The maximum atomic E-state index is 8.78. The molecule has 1 saturated carbocycles. The number of nitrogens with zero attached hydrogens (tertiary/aromatic N) is 4. The summed E-state index contributed by atoms with van der Waals surface area (Å²) in [5.74, 6) is 1.16. The van der Waals surface area contributed by atoms with Gasteiger partial charge in [0.25, 0.3) is 0 Å². The molecule has 0 spiro atoms. The Labute approximate surface area is 96.3 Å². The Hall–Kier alpha value is -1.37. The van der Waals surface area contributed by atoms with Crippen molar-refractivity contribution in [3.05, 3.63) is 11.4 Å². The zero-order valence-electron chi connectivity index (χ0n) is 9.98. The molecule has 0 radical (unpaired) electrons. The molecular formula is C12H18N4. The fraction of sp³-hybridized carbons (Fsp3) is 0.750. The summed E-state index contributed by atoms with van der Waals surface area (Å²) < 4.78 is 2.02. The first kappa shape index (κ1) is 11.1. The molecule has 1 fully saturated rings. The van der Waals surface area contributed by atoms with Crippen LogP contribution in [0.5, 0.6) is 0 Å². The highest BCUT2D eigenvalue weighted by Gasteiger charge is 2.27. The molecule has 0 unspecified atom stereocenters. The van der Waals surface area contributed by atoms with Crippen LogP contribution in [0.15, 0.2) is 0 Å². The minimum atomic E-state index is 0.393. The Morgan fingerprint density at radius 2 is 2.25 bits per heavy atom. The molecule has 0 atom stereocenters. The maximum absolute atomic E-state index is 8.78. The summed E-state index contributed by atoms with van der Waals surface area (Å²) in [5, 5.41) is 17.1. The Morgan fingerprint density at radius 1 is 1.50 bits per heavy atom. The highest BCUT2D eigenvalue weighted by atomic mass is 15.4. The van der Waals surface area contributed by atoms with Gasteiger partial charge in [-0.2, -0.15) is 5.26 Å². The fourth-order valence-corrected chi connectivity index (χ4v) is 2.17. The molecule has 2 rings (SSSR count). The number of hydrogen-bond donors (Lipinski definition) is 0. The largest absolute Gasteiger partial charge is 0.249 e. The lowest BCUT2D eigenvalue weighted by Crippen LogP contribution is -2.18. The topological polar surface area (TPSA) is 54.5 Å². The van der Waals surface area contributed by atoms with Crippen molar-refractivity contribution in [1.82, 2.24) is 15.0 Å². The van der Waals surface area contributed by atoms with Crippen LogP contribution in [-0.4, -0.2) is 15.0 Å². The second-order valence-electron chi connectivity index (χ2n) is 4.96. The van der Waals surface area contributed by atoms with Gasteiger partial charge >= 0.3 is 0 Å². The second kappa shape index (κ2) is 4.65. The smallest absolute Gasteiger partial charge is 0.100 e. The normalized spacial score (nSPS) is 16.1. The molecule has 0 bridgehead atoms. The molecule has 1 aliphatic rings. The van der Waals surface area contributed by atoms with Crippen molar-refractivity contribution >= 4 is 0 Å². The van der Waals surface area contributed by atoms with Crippen LogP contribution in [0.3, 0.4) is 0 Å². The highest BCUT2D eigenvalue weighted by molar-refractivity contribution is 5.20. The third kappa shape index (κ3) is 2.08. The second-order valence-corrected chi connectivity index (χ2v) is 4.96. The van der Waals surface area contributed by atoms with Crippen molar-refractivity contribution in [3.63, 3.8) is 0 Å². The number of rotatable bonds is 4. The minimum Gasteiger partial charge on any atom is -0.249 e. The lowest BCUT2D eigenvalue weighted by Gasteiger charge is -2.26. The molecular weight excluding hydrogens is 200 g/mol. The fourth-order valence-electron chi connectivity index (χ4n) is 2.17. The maximum Gasteiger partial charge on any atom is 0.100 e. The first-order valence-corrected chi connectivity index (χ1v) is 6.01. The van der Waals surface area contributed by atoms with Gasteiger partial charge < -0.3 is 0 Å². The Balaban J connectivity index is 2.26. The van der Waals surface area contributed by atoms with Crippen molar-refractivity contribution in [2.45, 2.75) is 52.0 Å². The van der Waals surface area contributed by atoms with E-state index in [9.17, 15) is 0 Å². The van der Waals surface area contributed by atoms with Gasteiger partial charge in [-0.25, -0.2) is 4.68 Å². The number of hydrogen-bond acceptors (Lipinski definition) is 3. The van der Waals surface area contributed by atoms with Crippen molar-refractivity contribution in [2.24, 2.45) is 5.92 Å². The van der Waals surface area contributed by atoms with Crippen LogP contribution in [0.1, 0.15) is 50.4 Å². The standard InChI is InChI=1S/C12H18N4/c1-9(2)8-16-12(10-4-3-5-10)11(6-7-13)14-15-16/h9-10H,3-6,8H2,1-2H3. The van der Waals surface area contributed by atoms with Crippen molar-refractivity contribution in [3.8, 4) is 6.07 Å². The predicted octanol–water partition coefficient (Wildman–Crippen LogP) is 2.27. The van der Waals surface area contributed by atoms with Crippen LogP contribution in [0.2, 0.25) is 0 Å². The Morgan fingerprint density at radius 3 is 2.75 bits per heavy atom. The number of aromatic nitrogens is 3. The van der Waals surface area contributed by atoms with Gasteiger partial charge in [0.05, 0.1) is 18.2 Å². The monoisotopic (exact) mass is 218 g/mol. The van der Waals surface area contributed by atoms with E-state index in [0.717, 1.165) is 12.2 Å². The quantitative estimate of drug-likeness (QED) is 0.779. The lowest BCUT2D eigenvalue weighted by molar-refractivity contribution is 0.369. The van der Waals surface area contributed by atoms with E-state index in [1.54, 1.807) is 0 Å². The SMILES string of the molecule is CC(C)Cn1nnc(CC#N)c1C1CCC1. The molecule has 0 amide bonds. The molecule has 1 heterocycles. The van der Waals surface area contributed by atoms with Crippen molar-refractivity contribution in [1.29, 1.82) is 5.26 Å². The molecule has 4 heteroatoms. The molecule has 86 valence electrons. The van der Waals surface area contributed by atoms with E-state index in [1.807, 2.05) is 4.68 Å². The van der Waals surface area contributed by atoms with Crippen molar-refractivity contribution < 1.29 is 0 Å². The average Bonchev–Trinajstić information content (AvgIpc) is 2.48. The minimum absolute atomic E-state index is 0.393. The molecule has 0 aliphatic heterocycles. The van der Waals surface area contributed by atoms with E-state index in [4.69, 9.17) is 5.26 Å². The molecule has 1 aliphatic carbocycles. The van der Waals surface area contributed by atoms with Crippen LogP contribution in [0.25, 0.3) is 0 Å². The molecule has 0 aromatic carbocycles. The van der Waals surface area contributed by atoms with E-state index in [1.165, 1.54) is 25.0 Å². The third-order valence-corrected chi connectivity index (χ3v) is 3.12. The summed E-state index contributed by atoms with van der Waals surface area (Å²) in [7, 11) is 0. The highest BCUT2D eigenvalue weighted by Crippen LogP contribution is 2.37. The Bertz CT molecular complexity index is 396. The van der Waals surface area contributed by atoms with Gasteiger partial charge in [0.1, 0.15) is 5.69 Å². The van der Waals surface area contributed by atoms with Gasteiger partial charge in [-0.05, 0) is 18.8 Å². The molecule has 0 N–H and O–H groups in total. The first-order chi connectivity index (χ1) is 7.72. The molecule has 16 heavy (non-hydrogen) atoms. The van der Waals surface area contributed by atoms with Gasteiger partial charge in [-0.3, -0.25) is 0 Å². The summed E-state index contributed by atoms with van der Waals surface area (Å²) in [5.41, 5.74) is 2.12. The van der Waals surface area contributed by atoms with Gasteiger partial charge in [-0.1, -0.05) is 25.5 Å². The van der Waals surface area contributed by atoms with Crippen LogP contribution in [0, 0.1) is 17.2 Å². The molecule has 1 aromatic heterocycles. The average molecular weight is 218 g/mol. The molecule has 0 saturated heterocycles. The van der Waals surface area contributed by atoms with Crippen molar-refractivity contribution in [2.75, 3.05) is 0 Å². The van der Waals surface area contributed by atoms with E-state index >= 15 is 0 Å². The van der Waals surface area contributed by atoms with Gasteiger partial charge in [0.15, 0.2) is 0 Å². The number of nitriles is 1. The zero-order chi connectivity index (χ0) is 11.5. The van der Waals surface area contributed by atoms with Crippen LogP contribution in [0.4, 0.5) is 0 Å². The summed E-state index contributed by atoms with van der Waals surface area (Å²) in [6.07, 6.45) is 4.14. The molecule has 1 aromatic rings. The summed E-state index contributed by atoms with van der Waals surface area (Å²) in [4.78, 5) is 0. The summed E-state index contributed by atoms with van der Waals surface area (Å²) in [6.45, 7) is 5.26. The predicted molar refractivity (Wildman–Crippen MR) is 60.8 cm³/mol. The van der Waals surface area contributed by atoms with Gasteiger partial charge in [-0.15, -0.1) is 5.10 Å². The summed E-state index contributed by atoms with van der Waals surface area (Å²) in [6, 6.07) is 2.18. The third-order valence-electron chi connectivity index (χ3n) is 3.12. The molecule has 4 nitrogen and oxygen atoms in total. The Kier molecular flexibility index (Phi) is 3.23. The summed E-state index contributed by atoms with van der Waals surface area (Å²) >= 11 is 0. The first-order valence-electron chi connectivity index (χ1n) is 6.01. The van der Waals surface area contributed by atoms with E-state index in [0.29, 0.717) is 18.3 Å². The van der Waals surface area contributed by atoms with E-state index < -0.39 is 0 Å². The van der Waals surface area contributed by atoms with E-state index in [2.05, 4.69) is 30.2 Å². The lowest BCUT2D eigenvalue weighted by atomic mass is 9.81. The van der Waals surface area contributed by atoms with Crippen LogP contribution >= 0.6 is 0 Å². The van der Waals surface area contributed by atoms with Crippen LogP contribution < -0.4 is 0 Å². The zero-order valence-corrected chi connectivity index (χ0v) is 9.98. The van der Waals surface area contributed by atoms with Gasteiger partial charge in [0.2, 0.25) is 0 Å². The van der Waals surface area contributed by atoms with E-state index in [-0.39, 0.29) is 0 Å². The van der Waals surface area contributed by atoms with Crippen LogP contribution in [-0.2, 0) is 13.0 Å². The van der Waals surface area contributed by atoms with Gasteiger partial charge in [0, 0.05) is 12.5 Å².